The maximum Gasteiger partial charge on any atom is 0.373 e. The average Bonchev–Trinajstić information content (AvgIpc) is 2.44. The number of benzene rings is 1. The highest BCUT2D eigenvalue weighted by Crippen LogP contribution is 2.23. The lowest BCUT2D eigenvalue weighted by Crippen LogP contribution is -2.12. The summed E-state index contributed by atoms with van der Waals surface area (Å²) in [7, 11) is 4.51. The maximum absolute atomic E-state index is 11.8. The molecule has 1 radical (unpaired) electrons. The van der Waals surface area contributed by atoms with Crippen molar-refractivity contribution in [3.05, 3.63) is 29.9 Å². The highest BCUT2D eigenvalue weighted by molar-refractivity contribution is 5.90. The number of carbonyl (C=O) groups is 1. The lowest BCUT2D eigenvalue weighted by molar-refractivity contribution is -0.237. The van der Waals surface area contributed by atoms with Gasteiger partial charge in [-0.3, -0.25) is 4.89 Å². The van der Waals surface area contributed by atoms with Crippen LogP contribution in [0.1, 0.15) is 17.3 Å². The topological polar surface area (TPSA) is 63.2 Å². The number of hydrogen-bond acceptors (Lipinski definition) is 6. The second-order valence-corrected chi connectivity index (χ2v) is 3.69. The van der Waals surface area contributed by atoms with Crippen molar-refractivity contribution in [1.82, 2.24) is 0 Å². The number of carbonyl (C=O) groups excluding carboxylic acids is 1. The Kier molecular flexibility index (Phi) is 6.11. The van der Waals surface area contributed by atoms with Crippen LogP contribution in [0.15, 0.2) is 18.2 Å². The molecule has 0 aliphatic heterocycles. The number of ether oxygens (including phenoxy) is 3. The molecule has 6 heteroatoms. The SMILES string of the molecule is COC[C](C)OOC(=O)c1cc(OC)cc(OC)c1. The van der Waals surface area contributed by atoms with Gasteiger partial charge in [0.05, 0.1) is 26.4 Å². The van der Waals surface area contributed by atoms with Crippen LogP contribution in [0.3, 0.4) is 0 Å². The van der Waals surface area contributed by atoms with E-state index in [9.17, 15) is 4.79 Å². The molecule has 0 saturated heterocycles. The van der Waals surface area contributed by atoms with Gasteiger partial charge in [0.1, 0.15) is 11.5 Å². The van der Waals surface area contributed by atoms with Crippen LogP contribution in [0, 0.1) is 6.10 Å². The molecular weight excluding hydrogens is 252 g/mol. The van der Waals surface area contributed by atoms with E-state index in [2.05, 4.69) is 4.89 Å². The second kappa shape index (κ2) is 7.60. The molecule has 0 amide bonds. The van der Waals surface area contributed by atoms with E-state index >= 15 is 0 Å². The second-order valence-electron chi connectivity index (χ2n) is 3.69. The van der Waals surface area contributed by atoms with Gasteiger partial charge >= 0.3 is 5.97 Å². The van der Waals surface area contributed by atoms with Crippen molar-refractivity contribution in [1.29, 1.82) is 0 Å². The number of rotatable bonds is 7. The molecule has 0 heterocycles. The van der Waals surface area contributed by atoms with Crippen LogP contribution < -0.4 is 9.47 Å². The van der Waals surface area contributed by atoms with Gasteiger partial charge in [0.25, 0.3) is 0 Å². The van der Waals surface area contributed by atoms with Crippen LogP contribution in [-0.4, -0.2) is 33.9 Å². The van der Waals surface area contributed by atoms with Crippen LogP contribution in [0.5, 0.6) is 11.5 Å². The zero-order valence-electron chi connectivity index (χ0n) is 11.4. The first kappa shape index (κ1) is 15.3. The molecule has 0 saturated carbocycles. The van der Waals surface area contributed by atoms with Gasteiger partial charge in [-0.05, 0) is 19.1 Å². The molecule has 0 unspecified atom stereocenters. The Morgan fingerprint density at radius 1 is 1.00 bits per heavy atom. The van der Waals surface area contributed by atoms with Gasteiger partial charge in [0.15, 0.2) is 6.10 Å². The molecule has 0 aliphatic carbocycles. The van der Waals surface area contributed by atoms with Crippen LogP contribution in [-0.2, 0) is 14.5 Å². The monoisotopic (exact) mass is 269 g/mol. The van der Waals surface area contributed by atoms with Gasteiger partial charge in [-0.2, -0.15) is 4.89 Å². The predicted octanol–water partition coefficient (Wildman–Crippen LogP) is 1.99. The summed E-state index contributed by atoms with van der Waals surface area (Å²) in [6.45, 7) is 1.89. The highest BCUT2D eigenvalue weighted by Gasteiger charge is 2.14. The third-order valence-electron chi connectivity index (χ3n) is 2.19. The minimum Gasteiger partial charge on any atom is -0.497 e. The minimum atomic E-state index is -0.646. The Morgan fingerprint density at radius 3 is 2.05 bits per heavy atom. The van der Waals surface area contributed by atoms with Crippen LogP contribution in [0.4, 0.5) is 0 Å². The normalized spacial score (nSPS) is 10.4. The van der Waals surface area contributed by atoms with Crippen LogP contribution in [0.25, 0.3) is 0 Å². The lowest BCUT2D eigenvalue weighted by Gasteiger charge is -2.10. The van der Waals surface area contributed by atoms with Gasteiger partial charge in [0, 0.05) is 13.2 Å². The first-order chi connectivity index (χ1) is 9.10. The summed E-state index contributed by atoms with van der Waals surface area (Å²) < 4.78 is 14.9. The summed E-state index contributed by atoms with van der Waals surface area (Å²) in [4.78, 5) is 21.3. The molecule has 0 atom stereocenters. The van der Waals surface area contributed by atoms with E-state index in [4.69, 9.17) is 19.1 Å². The highest BCUT2D eigenvalue weighted by atomic mass is 17.2. The molecule has 0 N–H and O–H groups in total. The van der Waals surface area contributed by atoms with E-state index in [1.54, 1.807) is 13.0 Å². The molecule has 19 heavy (non-hydrogen) atoms. The predicted molar refractivity (Wildman–Crippen MR) is 66.8 cm³/mol. The standard InChI is InChI=1S/C13H17O6/c1-9(8-15-2)18-19-13(14)10-5-11(16-3)7-12(6-10)17-4/h5-7H,8H2,1-4H3. The molecule has 0 fully saturated rings. The van der Waals surface area contributed by atoms with Gasteiger partial charge in [0.2, 0.25) is 0 Å². The molecule has 0 bridgehead atoms. The molecule has 1 aromatic rings. The smallest absolute Gasteiger partial charge is 0.373 e. The van der Waals surface area contributed by atoms with Gasteiger partial charge in [-0.15, -0.1) is 0 Å². The fraction of sp³-hybridized carbons (Fsp3) is 0.385. The van der Waals surface area contributed by atoms with E-state index in [-0.39, 0.29) is 12.2 Å². The van der Waals surface area contributed by atoms with Crippen molar-refractivity contribution >= 4 is 5.97 Å². The molecule has 1 aromatic carbocycles. The Hall–Kier alpha value is -1.79. The Labute approximate surface area is 112 Å². The van der Waals surface area contributed by atoms with E-state index in [0.29, 0.717) is 17.6 Å². The summed E-state index contributed by atoms with van der Waals surface area (Å²) in [6, 6.07) is 4.71. The van der Waals surface area contributed by atoms with Crippen molar-refractivity contribution in [2.45, 2.75) is 6.92 Å². The van der Waals surface area contributed by atoms with Crippen molar-refractivity contribution in [3.8, 4) is 11.5 Å². The minimum absolute atomic E-state index is 0.245. The largest absolute Gasteiger partial charge is 0.497 e. The summed E-state index contributed by atoms with van der Waals surface area (Å²) in [6.07, 6.45) is 0.436. The molecule has 0 spiro atoms. The Morgan fingerprint density at radius 2 is 1.58 bits per heavy atom. The Bertz CT molecular complexity index is 395. The van der Waals surface area contributed by atoms with Crippen molar-refractivity contribution in [3.63, 3.8) is 0 Å². The summed E-state index contributed by atoms with van der Waals surface area (Å²) in [5.74, 6) is 0.334. The van der Waals surface area contributed by atoms with Crippen molar-refractivity contribution < 1.29 is 28.8 Å². The molecule has 6 nitrogen and oxygen atoms in total. The summed E-state index contributed by atoms with van der Waals surface area (Å²) in [5.41, 5.74) is 0.265. The molecule has 105 valence electrons. The van der Waals surface area contributed by atoms with E-state index < -0.39 is 5.97 Å². The zero-order chi connectivity index (χ0) is 14.3. The lowest BCUT2D eigenvalue weighted by atomic mass is 10.2. The average molecular weight is 269 g/mol. The Balaban J connectivity index is 2.70. The molecule has 0 aliphatic rings. The van der Waals surface area contributed by atoms with Gasteiger partial charge in [-0.25, -0.2) is 4.79 Å². The molecule has 1 rings (SSSR count). The van der Waals surface area contributed by atoms with Crippen LogP contribution in [0.2, 0.25) is 0 Å². The fourth-order valence-corrected chi connectivity index (χ4v) is 1.31. The molecular formula is C13H17O6. The van der Waals surface area contributed by atoms with Crippen molar-refractivity contribution in [2.24, 2.45) is 0 Å². The quantitative estimate of drug-likeness (QED) is 0.557. The summed E-state index contributed by atoms with van der Waals surface area (Å²) >= 11 is 0. The maximum atomic E-state index is 11.8. The van der Waals surface area contributed by atoms with Crippen molar-refractivity contribution in [2.75, 3.05) is 27.9 Å². The third-order valence-corrected chi connectivity index (χ3v) is 2.19. The van der Waals surface area contributed by atoms with E-state index in [1.165, 1.54) is 33.5 Å². The third kappa shape index (κ3) is 4.76. The van der Waals surface area contributed by atoms with Gasteiger partial charge in [-0.1, -0.05) is 0 Å². The fourth-order valence-electron chi connectivity index (χ4n) is 1.31. The number of methoxy groups -OCH3 is 3. The summed E-state index contributed by atoms with van der Waals surface area (Å²) in [5, 5.41) is 0. The zero-order valence-corrected chi connectivity index (χ0v) is 11.4. The first-order valence-corrected chi connectivity index (χ1v) is 5.54. The van der Waals surface area contributed by atoms with E-state index in [1.807, 2.05) is 0 Å². The van der Waals surface area contributed by atoms with E-state index in [0.717, 1.165) is 0 Å². The van der Waals surface area contributed by atoms with Gasteiger partial charge < -0.3 is 14.2 Å². The van der Waals surface area contributed by atoms with Crippen LogP contribution >= 0.6 is 0 Å². The number of hydrogen-bond donors (Lipinski definition) is 0. The molecule has 0 aromatic heterocycles. The first-order valence-electron chi connectivity index (χ1n) is 5.54.